The van der Waals surface area contributed by atoms with Crippen LogP contribution in [-0.4, -0.2) is 23.3 Å². The van der Waals surface area contributed by atoms with E-state index < -0.39 is 0 Å². The van der Waals surface area contributed by atoms with Crippen LogP contribution in [0.3, 0.4) is 0 Å². The van der Waals surface area contributed by atoms with Crippen molar-refractivity contribution in [2.75, 3.05) is 16.8 Å². The van der Waals surface area contributed by atoms with Crippen LogP contribution in [0.5, 0.6) is 0 Å². The van der Waals surface area contributed by atoms with Gasteiger partial charge in [0.1, 0.15) is 6.54 Å². The zero-order valence-electron chi connectivity index (χ0n) is 15.1. The van der Waals surface area contributed by atoms with Gasteiger partial charge in [0.15, 0.2) is 0 Å². The Morgan fingerprint density at radius 3 is 2.42 bits per heavy atom. The highest BCUT2D eigenvalue weighted by atomic mass is 16.2. The molecule has 0 unspecified atom stereocenters. The highest BCUT2D eigenvalue weighted by molar-refractivity contribution is 6.06. The Kier molecular flexibility index (Phi) is 4.98. The summed E-state index contributed by atoms with van der Waals surface area (Å²) in [5.74, 6) is -0.461. The molecule has 0 spiro atoms. The molecule has 2 amide bonds. The Balaban J connectivity index is 1.86. The van der Waals surface area contributed by atoms with Gasteiger partial charge in [-0.15, -0.1) is 0 Å². The summed E-state index contributed by atoms with van der Waals surface area (Å²) in [7, 11) is 0. The van der Waals surface area contributed by atoms with Gasteiger partial charge >= 0.3 is 0 Å². The van der Waals surface area contributed by atoms with Crippen molar-refractivity contribution in [1.82, 2.24) is 4.98 Å². The Hall–Kier alpha value is -3.21. The van der Waals surface area contributed by atoms with Gasteiger partial charge in [-0.3, -0.25) is 14.6 Å². The predicted molar refractivity (Wildman–Crippen MR) is 104 cm³/mol. The van der Waals surface area contributed by atoms with Crippen molar-refractivity contribution in [3.8, 4) is 0 Å². The van der Waals surface area contributed by atoms with E-state index in [4.69, 9.17) is 0 Å². The summed E-state index contributed by atoms with van der Waals surface area (Å²) in [6.07, 6.45) is 1.68. The topological polar surface area (TPSA) is 62.3 Å². The molecule has 1 N–H and O–H groups in total. The number of carbonyl (C=O) groups excluding carboxylic acids is 2. The number of nitrogens with one attached hydrogen (secondary N) is 1. The summed E-state index contributed by atoms with van der Waals surface area (Å²) in [6.45, 7) is 5.34. The van der Waals surface area contributed by atoms with Gasteiger partial charge in [-0.25, -0.2) is 0 Å². The van der Waals surface area contributed by atoms with E-state index in [0.717, 1.165) is 22.2 Å². The highest BCUT2D eigenvalue weighted by Crippen LogP contribution is 2.25. The third-order valence-corrected chi connectivity index (χ3v) is 4.09. The largest absolute Gasteiger partial charge is 0.325 e. The number of benzene rings is 2. The number of hydrogen-bond acceptors (Lipinski definition) is 3. The van der Waals surface area contributed by atoms with Crippen LogP contribution in [0.4, 0.5) is 11.4 Å². The number of pyridine rings is 1. The molecule has 1 aromatic heterocycles. The molecule has 0 aliphatic heterocycles. The Morgan fingerprint density at radius 2 is 1.73 bits per heavy atom. The first kappa shape index (κ1) is 17.6. The molecule has 5 nitrogen and oxygen atoms in total. The van der Waals surface area contributed by atoms with Gasteiger partial charge in [0.2, 0.25) is 11.8 Å². The fourth-order valence-corrected chi connectivity index (χ4v) is 3.06. The summed E-state index contributed by atoms with van der Waals surface area (Å²) in [4.78, 5) is 30.6. The third-order valence-electron chi connectivity index (χ3n) is 4.09. The van der Waals surface area contributed by atoms with E-state index in [-0.39, 0.29) is 18.4 Å². The maximum absolute atomic E-state index is 12.5. The lowest BCUT2D eigenvalue weighted by Gasteiger charge is -2.22. The van der Waals surface area contributed by atoms with Gasteiger partial charge in [0, 0.05) is 24.2 Å². The summed E-state index contributed by atoms with van der Waals surface area (Å²) < 4.78 is 0. The molecular formula is C21H21N3O2. The number of aromatic nitrogens is 1. The number of carbonyl (C=O) groups is 2. The number of fused-ring (bicyclic) bond motifs is 1. The van der Waals surface area contributed by atoms with E-state index >= 15 is 0 Å². The van der Waals surface area contributed by atoms with Crippen molar-refractivity contribution >= 4 is 34.1 Å². The Labute approximate surface area is 152 Å². The Bertz CT molecular complexity index is 956. The molecule has 1 heterocycles. The summed E-state index contributed by atoms with van der Waals surface area (Å²) in [6, 6.07) is 15.2. The minimum Gasteiger partial charge on any atom is -0.325 e. The average Bonchev–Trinajstić information content (AvgIpc) is 2.58. The number of nitrogens with zero attached hydrogens (tertiary/aromatic N) is 2. The number of amides is 2. The molecule has 0 saturated carbocycles. The molecule has 132 valence electrons. The van der Waals surface area contributed by atoms with E-state index in [1.54, 1.807) is 12.3 Å². The van der Waals surface area contributed by atoms with Gasteiger partial charge in [-0.05, 0) is 49.2 Å². The molecule has 0 atom stereocenters. The molecular weight excluding hydrogens is 326 g/mol. The van der Waals surface area contributed by atoms with E-state index in [0.29, 0.717) is 11.2 Å². The maximum Gasteiger partial charge on any atom is 0.244 e. The zero-order valence-corrected chi connectivity index (χ0v) is 15.1. The van der Waals surface area contributed by atoms with Crippen LogP contribution in [0, 0.1) is 13.8 Å². The molecule has 26 heavy (non-hydrogen) atoms. The van der Waals surface area contributed by atoms with Crippen LogP contribution in [0.25, 0.3) is 10.9 Å². The normalized spacial score (nSPS) is 10.6. The first-order chi connectivity index (χ1) is 12.4. The monoisotopic (exact) mass is 347 g/mol. The molecule has 3 rings (SSSR count). The first-order valence-electron chi connectivity index (χ1n) is 8.44. The minimum absolute atomic E-state index is 0.0714. The molecule has 3 aromatic rings. The zero-order chi connectivity index (χ0) is 18.7. The number of rotatable bonds is 4. The second-order valence-corrected chi connectivity index (χ2v) is 6.38. The molecule has 0 radical (unpaired) electrons. The summed E-state index contributed by atoms with van der Waals surface area (Å²) in [5.41, 5.74) is 4.20. The fraction of sp³-hybridized carbons (Fsp3) is 0.190. The molecule has 2 aromatic carbocycles. The molecule has 0 bridgehead atoms. The molecule has 0 aliphatic carbocycles. The fourth-order valence-electron chi connectivity index (χ4n) is 3.06. The van der Waals surface area contributed by atoms with Gasteiger partial charge in [-0.1, -0.05) is 24.3 Å². The van der Waals surface area contributed by atoms with Crippen molar-refractivity contribution in [2.24, 2.45) is 0 Å². The van der Waals surface area contributed by atoms with Crippen LogP contribution >= 0.6 is 0 Å². The third kappa shape index (κ3) is 3.88. The van der Waals surface area contributed by atoms with Crippen molar-refractivity contribution in [2.45, 2.75) is 20.8 Å². The number of hydrogen-bond donors (Lipinski definition) is 1. The van der Waals surface area contributed by atoms with E-state index in [1.165, 1.54) is 11.8 Å². The number of aryl methyl sites for hydroxylation is 2. The van der Waals surface area contributed by atoms with Gasteiger partial charge in [-0.2, -0.15) is 0 Å². The van der Waals surface area contributed by atoms with Gasteiger partial charge < -0.3 is 10.2 Å². The lowest BCUT2D eigenvalue weighted by atomic mass is 10.1. The number of para-hydroxylation sites is 1. The summed E-state index contributed by atoms with van der Waals surface area (Å²) >= 11 is 0. The van der Waals surface area contributed by atoms with E-state index in [1.807, 2.05) is 56.3 Å². The molecule has 0 fully saturated rings. The number of anilines is 2. The molecule has 0 aliphatic rings. The standard InChI is InChI=1S/C21H21N3O2/c1-14-10-15(2)12-18(11-14)23-20(26)13-24(16(3)25)19-8-4-6-17-7-5-9-22-21(17)19/h4-12H,13H2,1-3H3,(H,23,26). The van der Waals surface area contributed by atoms with E-state index in [2.05, 4.69) is 10.3 Å². The second kappa shape index (κ2) is 7.35. The van der Waals surface area contributed by atoms with Crippen LogP contribution in [0.2, 0.25) is 0 Å². The quantitative estimate of drug-likeness (QED) is 0.780. The minimum atomic E-state index is -0.252. The molecule has 5 heteroatoms. The van der Waals surface area contributed by atoms with Crippen LogP contribution in [0.15, 0.2) is 54.7 Å². The SMILES string of the molecule is CC(=O)N(CC(=O)Nc1cc(C)cc(C)c1)c1cccc2cccnc12. The van der Waals surface area contributed by atoms with Gasteiger partial charge in [0.05, 0.1) is 11.2 Å². The lowest BCUT2D eigenvalue weighted by molar-refractivity contribution is -0.120. The second-order valence-electron chi connectivity index (χ2n) is 6.38. The van der Waals surface area contributed by atoms with Crippen molar-refractivity contribution in [3.05, 3.63) is 65.9 Å². The lowest BCUT2D eigenvalue weighted by Crippen LogP contribution is -2.36. The van der Waals surface area contributed by atoms with E-state index in [9.17, 15) is 9.59 Å². The van der Waals surface area contributed by atoms with Gasteiger partial charge in [0.25, 0.3) is 0 Å². The predicted octanol–water partition coefficient (Wildman–Crippen LogP) is 3.84. The van der Waals surface area contributed by atoms with Crippen molar-refractivity contribution < 1.29 is 9.59 Å². The van der Waals surface area contributed by atoms with Crippen molar-refractivity contribution in [3.63, 3.8) is 0 Å². The molecule has 0 saturated heterocycles. The van der Waals surface area contributed by atoms with Crippen LogP contribution in [-0.2, 0) is 9.59 Å². The van der Waals surface area contributed by atoms with Crippen molar-refractivity contribution in [1.29, 1.82) is 0 Å². The van der Waals surface area contributed by atoms with Crippen LogP contribution < -0.4 is 10.2 Å². The average molecular weight is 347 g/mol. The highest BCUT2D eigenvalue weighted by Gasteiger charge is 2.18. The Morgan fingerprint density at radius 1 is 1.04 bits per heavy atom. The van der Waals surface area contributed by atoms with Crippen LogP contribution in [0.1, 0.15) is 18.1 Å². The first-order valence-corrected chi connectivity index (χ1v) is 8.44. The maximum atomic E-state index is 12.5. The summed E-state index contributed by atoms with van der Waals surface area (Å²) in [5, 5.41) is 3.80. The smallest absolute Gasteiger partial charge is 0.244 e.